The molecule has 21 heavy (non-hydrogen) atoms. The largest absolute Gasteiger partial charge is 0.347 e. The van der Waals surface area contributed by atoms with Gasteiger partial charge in [0.25, 0.3) is 0 Å². The second-order valence-corrected chi connectivity index (χ2v) is 4.69. The fourth-order valence-electron chi connectivity index (χ4n) is 1.81. The third-order valence-electron chi connectivity index (χ3n) is 2.86. The number of pyridine rings is 1. The number of imidazole rings is 1. The SMILES string of the molecule is CC(Nc1nc(Cl)nc(-n2ccnc2)n1)c1cccnc1. The van der Waals surface area contributed by atoms with Crippen LogP contribution in [-0.2, 0) is 0 Å². The lowest BCUT2D eigenvalue weighted by Crippen LogP contribution is -2.12. The highest BCUT2D eigenvalue weighted by atomic mass is 35.5. The first-order valence-corrected chi connectivity index (χ1v) is 6.66. The van der Waals surface area contributed by atoms with Crippen molar-refractivity contribution < 1.29 is 0 Å². The third kappa shape index (κ3) is 3.14. The van der Waals surface area contributed by atoms with E-state index < -0.39 is 0 Å². The molecule has 0 spiro atoms. The van der Waals surface area contributed by atoms with Gasteiger partial charge in [0.05, 0.1) is 6.04 Å². The molecule has 3 aromatic rings. The van der Waals surface area contributed by atoms with Crippen molar-refractivity contribution in [2.45, 2.75) is 13.0 Å². The summed E-state index contributed by atoms with van der Waals surface area (Å²) in [5.41, 5.74) is 1.03. The quantitative estimate of drug-likeness (QED) is 0.796. The Morgan fingerprint density at radius 2 is 2.10 bits per heavy atom. The molecule has 0 aromatic carbocycles. The predicted molar refractivity (Wildman–Crippen MR) is 78.2 cm³/mol. The molecule has 0 aliphatic heterocycles. The van der Waals surface area contributed by atoms with Gasteiger partial charge < -0.3 is 5.32 Å². The van der Waals surface area contributed by atoms with E-state index in [-0.39, 0.29) is 11.3 Å². The number of hydrogen-bond donors (Lipinski definition) is 1. The lowest BCUT2D eigenvalue weighted by molar-refractivity contribution is 0.829. The summed E-state index contributed by atoms with van der Waals surface area (Å²) in [4.78, 5) is 20.5. The van der Waals surface area contributed by atoms with E-state index in [1.165, 1.54) is 0 Å². The molecule has 0 saturated heterocycles. The van der Waals surface area contributed by atoms with Crippen molar-refractivity contribution in [3.63, 3.8) is 0 Å². The molecule has 0 amide bonds. The molecule has 7 nitrogen and oxygen atoms in total. The highest BCUT2D eigenvalue weighted by Crippen LogP contribution is 2.17. The maximum absolute atomic E-state index is 5.95. The number of rotatable bonds is 4. The van der Waals surface area contributed by atoms with Gasteiger partial charge in [-0.05, 0) is 30.2 Å². The number of aromatic nitrogens is 6. The number of nitrogens with one attached hydrogen (secondary N) is 1. The molecule has 3 aromatic heterocycles. The monoisotopic (exact) mass is 301 g/mol. The van der Waals surface area contributed by atoms with E-state index in [1.807, 2.05) is 19.1 Å². The van der Waals surface area contributed by atoms with Crippen molar-refractivity contribution in [1.82, 2.24) is 29.5 Å². The molecule has 1 N–H and O–H groups in total. The van der Waals surface area contributed by atoms with E-state index >= 15 is 0 Å². The average Bonchev–Trinajstić information content (AvgIpc) is 3.02. The van der Waals surface area contributed by atoms with Gasteiger partial charge in [-0.15, -0.1) is 0 Å². The average molecular weight is 302 g/mol. The smallest absolute Gasteiger partial charge is 0.241 e. The van der Waals surface area contributed by atoms with Gasteiger partial charge >= 0.3 is 0 Å². The van der Waals surface area contributed by atoms with E-state index in [2.05, 4.69) is 30.2 Å². The van der Waals surface area contributed by atoms with Gasteiger partial charge in [-0.25, -0.2) is 4.98 Å². The van der Waals surface area contributed by atoms with Crippen LogP contribution < -0.4 is 5.32 Å². The Balaban J connectivity index is 1.86. The van der Waals surface area contributed by atoms with Crippen LogP contribution in [0.2, 0.25) is 5.28 Å². The summed E-state index contributed by atoms with van der Waals surface area (Å²) < 4.78 is 1.66. The van der Waals surface area contributed by atoms with Crippen LogP contribution in [0.15, 0.2) is 43.2 Å². The Bertz CT molecular complexity index is 715. The molecular weight excluding hydrogens is 290 g/mol. The van der Waals surface area contributed by atoms with Gasteiger partial charge in [0.1, 0.15) is 6.33 Å². The highest BCUT2D eigenvalue weighted by Gasteiger charge is 2.10. The Labute approximate surface area is 126 Å². The van der Waals surface area contributed by atoms with E-state index in [4.69, 9.17) is 11.6 Å². The Morgan fingerprint density at radius 3 is 2.81 bits per heavy atom. The molecular formula is C13H12ClN7. The normalized spacial score (nSPS) is 12.1. The fraction of sp³-hybridized carbons (Fsp3) is 0.154. The summed E-state index contributed by atoms with van der Waals surface area (Å²) in [5.74, 6) is 0.809. The van der Waals surface area contributed by atoms with Crippen molar-refractivity contribution >= 4 is 17.5 Å². The van der Waals surface area contributed by atoms with Crippen molar-refractivity contribution in [2.24, 2.45) is 0 Å². The van der Waals surface area contributed by atoms with Crippen LogP contribution in [0.25, 0.3) is 5.95 Å². The molecule has 1 unspecified atom stereocenters. The van der Waals surface area contributed by atoms with E-state index in [0.717, 1.165) is 5.56 Å². The Hall–Kier alpha value is -2.54. The van der Waals surface area contributed by atoms with Gasteiger partial charge in [0.2, 0.25) is 17.2 Å². The zero-order chi connectivity index (χ0) is 14.7. The zero-order valence-electron chi connectivity index (χ0n) is 11.2. The molecule has 3 rings (SSSR count). The summed E-state index contributed by atoms with van der Waals surface area (Å²) in [7, 11) is 0. The second kappa shape index (κ2) is 5.84. The summed E-state index contributed by atoms with van der Waals surface area (Å²) in [6, 6.07) is 3.85. The lowest BCUT2D eigenvalue weighted by Gasteiger charge is -2.14. The van der Waals surface area contributed by atoms with Crippen molar-refractivity contribution in [3.8, 4) is 5.95 Å². The molecule has 0 bridgehead atoms. The zero-order valence-corrected chi connectivity index (χ0v) is 11.9. The minimum Gasteiger partial charge on any atom is -0.347 e. The van der Waals surface area contributed by atoms with Crippen LogP contribution in [0, 0.1) is 0 Å². The van der Waals surface area contributed by atoms with Crippen LogP contribution in [-0.4, -0.2) is 29.5 Å². The minimum absolute atomic E-state index is 0.00666. The molecule has 106 valence electrons. The summed E-state index contributed by atoms with van der Waals surface area (Å²) in [6.45, 7) is 1.99. The van der Waals surface area contributed by atoms with Crippen LogP contribution in [0.4, 0.5) is 5.95 Å². The van der Waals surface area contributed by atoms with Gasteiger partial charge in [-0.2, -0.15) is 15.0 Å². The van der Waals surface area contributed by atoms with Crippen LogP contribution >= 0.6 is 11.6 Å². The second-order valence-electron chi connectivity index (χ2n) is 4.35. The van der Waals surface area contributed by atoms with Crippen LogP contribution in [0.3, 0.4) is 0 Å². The maximum atomic E-state index is 5.95. The number of anilines is 1. The summed E-state index contributed by atoms with van der Waals surface area (Å²) in [6.07, 6.45) is 8.49. The molecule has 0 aliphatic rings. The predicted octanol–water partition coefficient (Wildman–Crippen LogP) is 2.28. The maximum Gasteiger partial charge on any atom is 0.241 e. The van der Waals surface area contributed by atoms with Crippen LogP contribution in [0.1, 0.15) is 18.5 Å². The topological polar surface area (TPSA) is 81.4 Å². The number of halogens is 1. The first-order valence-electron chi connectivity index (χ1n) is 6.29. The number of nitrogens with zero attached hydrogens (tertiary/aromatic N) is 6. The molecule has 0 saturated carbocycles. The Morgan fingerprint density at radius 1 is 1.19 bits per heavy atom. The molecule has 8 heteroatoms. The lowest BCUT2D eigenvalue weighted by atomic mass is 10.1. The first-order chi connectivity index (χ1) is 10.2. The molecule has 3 heterocycles. The Kier molecular flexibility index (Phi) is 3.74. The van der Waals surface area contributed by atoms with Crippen molar-refractivity contribution in [2.75, 3.05) is 5.32 Å². The summed E-state index contributed by atoms with van der Waals surface area (Å²) in [5, 5.41) is 3.30. The van der Waals surface area contributed by atoms with Gasteiger partial charge in [0.15, 0.2) is 0 Å². The number of hydrogen-bond acceptors (Lipinski definition) is 6. The standard InChI is InChI=1S/C13H12ClN7/c1-9(10-3-2-4-15-7-10)17-12-18-11(14)19-13(20-12)21-6-5-16-8-21/h2-9H,1H3,(H,17,18,19,20). The van der Waals surface area contributed by atoms with Gasteiger partial charge in [-0.3, -0.25) is 9.55 Å². The molecule has 0 radical (unpaired) electrons. The highest BCUT2D eigenvalue weighted by molar-refractivity contribution is 6.28. The van der Waals surface area contributed by atoms with E-state index in [9.17, 15) is 0 Å². The molecule has 0 aliphatic carbocycles. The van der Waals surface area contributed by atoms with Crippen molar-refractivity contribution in [3.05, 3.63) is 54.1 Å². The summed E-state index contributed by atoms with van der Waals surface area (Å²) >= 11 is 5.95. The third-order valence-corrected chi connectivity index (χ3v) is 3.03. The van der Waals surface area contributed by atoms with Crippen molar-refractivity contribution in [1.29, 1.82) is 0 Å². The molecule has 0 fully saturated rings. The minimum atomic E-state index is -0.00666. The van der Waals surface area contributed by atoms with E-state index in [1.54, 1.807) is 35.7 Å². The van der Waals surface area contributed by atoms with Gasteiger partial charge in [-0.1, -0.05) is 6.07 Å². The van der Waals surface area contributed by atoms with E-state index in [0.29, 0.717) is 11.9 Å². The van der Waals surface area contributed by atoms with Crippen LogP contribution in [0.5, 0.6) is 0 Å². The first kappa shape index (κ1) is 13.4. The van der Waals surface area contributed by atoms with Gasteiger partial charge in [0, 0.05) is 24.8 Å². The fourth-order valence-corrected chi connectivity index (χ4v) is 1.96. The molecule has 1 atom stereocenters.